The number of aromatic hydroxyl groups is 1. The summed E-state index contributed by atoms with van der Waals surface area (Å²) in [4.78, 5) is 30.7. The lowest BCUT2D eigenvalue weighted by molar-refractivity contribution is -0.170. The van der Waals surface area contributed by atoms with E-state index in [9.17, 15) is 24.9 Å². The molecule has 0 bridgehead atoms. The van der Waals surface area contributed by atoms with E-state index in [2.05, 4.69) is 22.2 Å². The molecular formula is C36H47N3O7S2. The molecule has 4 aromatic rings. The summed E-state index contributed by atoms with van der Waals surface area (Å²) in [7, 11) is 2.14. The number of phenols is 1. The van der Waals surface area contributed by atoms with E-state index in [1.54, 1.807) is 12.1 Å². The van der Waals surface area contributed by atoms with Crippen LogP contribution in [0.2, 0.25) is 0 Å². The van der Waals surface area contributed by atoms with Gasteiger partial charge >= 0.3 is 5.97 Å². The van der Waals surface area contributed by atoms with Crippen LogP contribution in [0.25, 0.3) is 10.9 Å². The maximum absolute atomic E-state index is 12.7. The van der Waals surface area contributed by atoms with Crippen LogP contribution in [0.4, 0.5) is 0 Å². The fourth-order valence-corrected chi connectivity index (χ4v) is 8.32. The number of unbranched alkanes of at least 4 members (excludes halogenated alkanes) is 3. The number of carboxylic acid groups (broad SMARTS) is 1. The zero-order valence-corrected chi connectivity index (χ0v) is 29.1. The average Bonchev–Trinajstić information content (AvgIpc) is 3.83. The van der Waals surface area contributed by atoms with E-state index in [4.69, 9.17) is 9.47 Å². The van der Waals surface area contributed by atoms with Crippen LogP contribution in [-0.2, 0) is 19.9 Å². The van der Waals surface area contributed by atoms with E-state index in [0.29, 0.717) is 45.4 Å². The lowest BCUT2D eigenvalue weighted by Crippen LogP contribution is -2.44. The van der Waals surface area contributed by atoms with Gasteiger partial charge in [0, 0.05) is 37.2 Å². The number of likely N-dealkylation sites (N-methyl/N-ethyl adjacent to an activating group) is 1. The number of aliphatic hydroxyl groups excluding tert-OH is 1. The van der Waals surface area contributed by atoms with E-state index in [1.165, 1.54) is 34.8 Å². The Balaban J connectivity index is 0.922. The summed E-state index contributed by atoms with van der Waals surface area (Å²) >= 11 is 2.85. The largest absolute Gasteiger partial charge is 0.506 e. The number of nitrogens with zero attached hydrogens (tertiary/aromatic N) is 1. The van der Waals surface area contributed by atoms with Crippen molar-refractivity contribution in [3.63, 3.8) is 0 Å². The Bertz CT molecular complexity index is 1580. The molecule has 1 fully saturated rings. The Morgan fingerprint density at radius 1 is 1.00 bits per heavy atom. The molecule has 0 radical (unpaired) electrons. The summed E-state index contributed by atoms with van der Waals surface area (Å²) in [6, 6.07) is 14.1. The Labute approximate surface area is 289 Å². The number of fused-ring (bicyclic) bond motifs is 1. The molecule has 0 amide bonds. The van der Waals surface area contributed by atoms with Gasteiger partial charge in [0.15, 0.2) is 0 Å². The van der Waals surface area contributed by atoms with Gasteiger partial charge in [-0.05, 0) is 92.7 Å². The van der Waals surface area contributed by atoms with Gasteiger partial charge < -0.3 is 40.0 Å². The van der Waals surface area contributed by atoms with Gasteiger partial charge in [-0.25, -0.2) is 4.79 Å². The van der Waals surface area contributed by atoms with Crippen LogP contribution in [0.3, 0.4) is 0 Å². The SMILES string of the molecule is CN(CCOCCCCCCNC[C@H](O)c1ccc(O)c2[nH]c(=O)ccc12)C1CCC(OC(C(=O)O)(c2cccs2)c2cccs2)CC1. The molecule has 3 heterocycles. The van der Waals surface area contributed by atoms with Crippen molar-refractivity contribution < 1.29 is 29.6 Å². The molecule has 1 aliphatic carbocycles. The smallest absolute Gasteiger partial charge is 0.347 e. The first-order chi connectivity index (χ1) is 23.3. The highest BCUT2D eigenvalue weighted by Crippen LogP contribution is 2.42. The first-order valence-electron chi connectivity index (χ1n) is 16.8. The minimum atomic E-state index is -1.45. The second-order valence-corrected chi connectivity index (χ2v) is 14.4. The third-order valence-corrected chi connectivity index (χ3v) is 11.2. The number of nitrogens with one attached hydrogen (secondary N) is 2. The zero-order valence-electron chi connectivity index (χ0n) is 27.4. The van der Waals surface area contributed by atoms with Crippen LogP contribution < -0.4 is 10.9 Å². The summed E-state index contributed by atoms with van der Waals surface area (Å²) in [6.07, 6.45) is 6.87. The molecule has 48 heavy (non-hydrogen) atoms. The molecular weight excluding hydrogens is 651 g/mol. The lowest BCUT2D eigenvalue weighted by atomic mass is 9.90. The number of aliphatic hydroxyl groups is 1. The molecule has 10 nitrogen and oxygen atoms in total. The molecule has 1 atom stereocenters. The number of rotatable bonds is 19. The molecule has 1 aliphatic rings. The number of thiophene rings is 2. The van der Waals surface area contributed by atoms with Gasteiger partial charge in [0.1, 0.15) is 5.75 Å². The van der Waals surface area contributed by atoms with Gasteiger partial charge in [0.25, 0.3) is 0 Å². The van der Waals surface area contributed by atoms with Crippen molar-refractivity contribution in [2.24, 2.45) is 0 Å². The minimum absolute atomic E-state index is 0.0153. The summed E-state index contributed by atoms with van der Waals surface area (Å²) in [5, 5.41) is 38.9. The summed E-state index contributed by atoms with van der Waals surface area (Å²) in [6.45, 7) is 3.46. The second kappa shape index (κ2) is 17.5. The number of hydrogen-bond donors (Lipinski definition) is 5. The molecule has 3 aromatic heterocycles. The van der Waals surface area contributed by atoms with Crippen molar-refractivity contribution in [1.29, 1.82) is 0 Å². The number of H-pyrrole nitrogens is 1. The quantitative estimate of drug-likeness (QED) is 0.0763. The fourth-order valence-electron chi connectivity index (χ4n) is 6.51. The van der Waals surface area contributed by atoms with Crippen LogP contribution in [0.5, 0.6) is 5.75 Å². The number of carbonyl (C=O) groups is 1. The van der Waals surface area contributed by atoms with E-state index in [1.807, 2.05) is 35.0 Å². The Kier molecular flexibility index (Phi) is 13.2. The van der Waals surface area contributed by atoms with Crippen LogP contribution in [-0.4, -0.2) is 83.2 Å². The van der Waals surface area contributed by atoms with Crippen molar-refractivity contribution >= 4 is 39.5 Å². The molecule has 1 aromatic carbocycles. The summed E-state index contributed by atoms with van der Waals surface area (Å²) in [5.41, 5.74) is -0.745. The number of ether oxygens (including phenoxy) is 2. The zero-order chi connectivity index (χ0) is 33.9. The monoisotopic (exact) mass is 697 g/mol. The number of hydrogen-bond acceptors (Lipinski definition) is 10. The number of benzene rings is 1. The Morgan fingerprint density at radius 3 is 2.38 bits per heavy atom. The Hall–Kier alpha value is -3.10. The van der Waals surface area contributed by atoms with E-state index in [0.717, 1.165) is 71.1 Å². The van der Waals surface area contributed by atoms with Crippen LogP contribution in [0.15, 0.2) is 64.1 Å². The highest BCUT2D eigenvalue weighted by molar-refractivity contribution is 7.12. The van der Waals surface area contributed by atoms with E-state index >= 15 is 0 Å². The van der Waals surface area contributed by atoms with Gasteiger partial charge in [0.2, 0.25) is 11.2 Å². The molecule has 0 saturated heterocycles. The van der Waals surface area contributed by atoms with Gasteiger partial charge in [-0.3, -0.25) is 4.79 Å². The third kappa shape index (κ3) is 8.92. The minimum Gasteiger partial charge on any atom is -0.506 e. The number of aromatic amines is 1. The van der Waals surface area contributed by atoms with Gasteiger partial charge in [-0.2, -0.15) is 0 Å². The van der Waals surface area contributed by atoms with Crippen molar-refractivity contribution in [2.45, 2.75) is 75.2 Å². The van der Waals surface area contributed by atoms with E-state index in [-0.39, 0.29) is 17.4 Å². The average molecular weight is 698 g/mol. The van der Waals surface area contributed by atoms with Crippen LogP contribution in [0.1, 0.15) is 72.8 Å². The van der Waals surface area contributed by atoms with Crippen molar-refractivity contribution in [3.8, 4) is 5.75 Å². The van der Waals surface area contributed by atoms with Gasteiger partial charge in [-0.1, -0.05) is 31.0 Å². The maximum atomic E-state index is 12.7. The highest BCUT2D eigenvalue weighted by atomic mass is 32.1. The molecule has 0 spiro atoms. The van der Waals surface area contributed by atoms with Crippen LogP contribution in [0, 0.1) is 0 Å². The number of pyridine rings is 1. The molecule has 0 aliphatic heterocycles. The normalized spacial score (nSPS) is 17.6. The molecule has 1 saturated carbocycles. The first-order valence-corrected chi connectivity index (χ1v) is 18.6. The topological polar surface area (TPSA) is 144 Å². The Morgan fingerprint density at radius 2 is 1.71 bits per heavy atom. The molecule has 12 heteroatoms. The molecule has 0 unspecified atom stereocenters. The standard InChI is InChI=1S/C36H47N3O7S2/c1-39(25-10-12-26(13-11-25)46-36(35(43)44,31-8-6-22-47-31)32-9-7-23-48-32)19-21-45-20-5-3-2-4-18-37-24-30(41)27-14-16-29(40)34-28(27)15-17-33(42)38-34/h6-9,14-17,22-23,25-26,30,37,40-41H,2-5,10-13,18-21,24H2,1H3,(H,38,42)(H,43,44)/t25?,26?,30-/m0/s1. The van der Waals surface area contributed by atoms with E-state index < -0.39 is 17.7 Å². The summed E-state index contributed by atoms with van der Waals surface area (Å²) in [5.74, 6) is -0.976. The number of aromatic nitrogens is 1. The molecule has 260 valence electrons. The fraction of sp³-hybridized carbons (Fsp3) is 0.500. The van der Waals surface area contributed by atoms with Crippen molar-refractivity contribution in [3.05, 3.63) is 85.0 Å². The van der Waals surface area contributed by atoms with Crippen molar-refractivity contribution in [1.82, 2.24) is 15.2 Å². The van der Waals surface area contributed by atoms with Crippen molar-refractivity contribution in [2.75, 3.05) is 39.9 Å². The highest BCUT2D eigenvalue weighted by Gasteiger charge is 2.48. The third-order valence-electron chi connectivity index (χ3n) is 9.23. The predicted molar refractivity (Wildman–Crippen MR) is 190 cm³/mol. The number of phenolic OH excluding ortho intramolecular Hbond substituents is 1. The number of aliphatic carboxylic acids is 1. The second-order valence-electron chi connectivity index (χ2n) is 12.5. The lowest BCUT2D eigenvalue weighted by Gasteiger charge is -2.38. The molecule has 5 rings (SSSR count). The molecule has 5 N–H and O–H groups in total. The maximum Gasteiger partial charge on any atom is 0.347 e. The predicted octanol–water partition coefficient (Wildman–Crippen LogP) is 5.84. The first kappa shape index (κ1) is 36.2. The summed E-state index contributed by atoms with van der Waals surface area (Å²) < 4.78 is 12.5. The number of carboxylic acids is 1. The van der Waals surface area contributed by atoms with Gasteiger partial charge in [-0.15, -0.1) is 22.7 Å². The van der Waals surface area contributed by atoms with Crippen LogP contribution >= 0.6 is 22.7 Å². The van der Waals surface area contributed by atoms with Gasteiger partial charge in [0.05, 0.1) is 34.1 Å².